The molecule has 3 rings (SSSR count). The molecule has 1 saturated heterocycles. The maximum Gasteiger partial charge on any atom is 0.251 e. The first kappa shape index (κ1) is 16.2. The van der Waals surface area contributed by atoms with Gasteiger partial charge in [-0.1, -0.05) is 36.0 Å². The van der Waals surface area contributed by atoms with Gasteiger partial charge < -0.3 is 0 Å². The van der Waals surface area contributed by atoms with Crippen molar-refractivity contribution in [3.8, 4) is 0 Å². The molecule has 1 aliphatic heterocycles. The number of hydrogen-bond acceptors (Lipinski definition) is 1. The summed E-state index contributed by atoms with van der Waals surface area (Å²) in [7, 11) is 0. The molecule has 2 aliphatic rings. The van der Waals surface area contributed by atoms with Gasteiger partial charge in [-0.15, -0.1) is 11.6 Å². The number of anilines is 1. The smallest absolute Gasteiger partial charge is 0.251 e. The van der Waals surface area contributed by atoms with Gasteiger partial charge in [0.2, 0.25) is 4.46 Å². The Morgan fingerprint density at radius 2 is 1.68 bits per heavy atom. The van der Waals surface area contributed by atoms with Crippen LogP contribution in [0.4, 0.5) is 18.9 Å². The zero-order chi connectivity index (χ0) is 16.3. The molecule has 1 saturated carbocycles. The Morgan fingerprint density at radius 1 is 1.09 bits per heavy atom. The van der Waals surface area contributed by atoms with Crippen LogP contribution in [-0.4, -0.2) is 15.2 Å². The van der Waals surface area contributed by atoms with E-state index in [9.17, 15) is 18.0 Å². The summed E-state index contributed by atoms with van der Waals surface area (Å²) < 4.78 is 39.3. The minimum Gasteiger partial charge on any atom is -0.272 e. The molecule has 120 valence electrons. The third kappa shape index (κ3) is 2.13. The van der Waals surface area contributed by atoms with Gasteiger partial charge in [-0.2, -0.15) is 0 Å². The SMILES string of the molecule is O=C1N(c2c(F)cc(F)cc2F)C(Cl)(Cl)C2CCCCC12Cl. The molecule has 1 aromatic carbocycles. The van der Waals surface area contributed by atoms with Gasteiger partial charge in [-0.25, -0.2) is 13.2 Å². The van der Waals surface area contributed by atoms with Crippen molar-refractivity contribution in [2.24, 2.45) is 5.92 Å². The number of rotatable bonds is 1. The van der Waals surface area contributed by atoms with Crippen molar-refractivity contribution in [2.75, 3.05) is 4.90 Å². The van der Waals surface area contributed by atoms with E-state index in [-0.39, 0.29) is 0 Å². The fourth-order valence-electron chi connectivity index (χ4n) is 3.31. The van der Waals surface area contributed by atoms with Crippen molar-refractivity contribution in [3.63, 3.8) is 0 Å². The molecule has 22 heavy (non-hydrogen) atoms. The van der Waals surface area contributed by atoms with Gasteiger partial charge in [0.05, 0.1) is 0 Å². The van der Waals surface area contributed by atoms with Crippen LogP contribution in [0.15, 0.2) is 12.1 Å². The number of nitrogens with zero attached hydrogens (tertiary/aromatic N) is 1. The molecule has 0 aromatic heterocycles. The summed E-state index contributed by atoms with van der Waals surface area (Å²) >= 11 is 18.9. The maximum absolute atomic E-state index is 14.0. The Bertz CT molecular complexity index is 631. The molecule has 2 fully saturated rings. The number of hydrogen-bond donors (Lipinski definition) is 0. The number of benzene rings is 1. The maximum atomic E-state index is 14.0. The summed E-state index contributed by atoms with van der Waals surface area (Å²) in [5.41, 5.74) is -0.772. The van der Waals surface area contributed by atoms with Crippen molar-refractivity contribution < 1.29 is 18.0 Å². The summed E-state index contributed by atoms with van der Waals surface area (Å²) in [4.78, 5) is 11.9. The normalized spacial score (nSPS) is 30.5. The van der Waals surface area contributed by atoms with Gasteiger partial charge in [0.1, 0.15) is 16.4 Å². The molecule has 0 bridgehead atoms. The lowest BCUT2D eigenvalue weighted by Gasteiger charge is -2.35. The lowest BCUT2D eigenvalue weighted by Crippen LogP contribution is -2.41. The minimum atomic E-state index is -1.89. The number of carbonyl (C=O) groups is 1. The van der Waals surface area contributed by atoms with Gasteiger partial charge in [-0.05, 0) is 12.8 Å². The van der Waals surface area contributed by atoms with Crippen molar-refractivity contribution in [3.05, 3.63) is 29.6 Å². The van der Waals surface area contributed by atoms with Crippen LogP contribution in [0.3, 0.4) is 0 Å². The summed E-state index contributed by atoms with van der Waals surface area (Å²) in [6.45, 7) is 0. The number of halogens is 6. The topological polar surface area (TPSA) is 20.3 Å². The Hall–Kier alpha value is -0.650. The van der Waals surface area contributed by atoms with Crippen LogP contribution in [-0.2, 0) is 4.79 Å². The summed E-state index contributed by atoms with van der Waals surface area (Å²) in [5, 5.41) is 0. The van der Waals surface area contributed by atoms with Crippen LogP contribution in [0.25, 0.3) is 0 Å². The molecule has 0 radical (unpaired) electrons. The first-order valence-electron chi connectivity index (χ1n) is 6.75. The molecule has 2 atom stereocenters. The van der Waals surface area contributed by atoms with Crippen LogP contribution in [0.1, 0.15) is 25.7 Å². The van der Waals surface area contributed by atoms with Crippen molar-refractivity contribution >= 4 is 46.4 Å². The second-order valence-electron chi connectivity index (χ2n) is 5.61. The Labute approximate surface area is 140 Å². The third-order valence-electron chi connectivity index (χ3n) is 4.32. The lowest BCUT2D eigenvalue weighted by molar-refractivity contribution is -0.120. The Kier molecular flexibility index (Phi) is 3.82. The van der Waals surface area contributed by atoms with E-state index >= 15 is 0 Å². The minimum absolute atomic E-state index is 0.320. The van der Waals surface area contributed by atoms with Crippen LogP contribution < -0.4 is 4.90 Å². The van der Waals surface area contributed by atoms with Crippen molar-refractivity contribution in [1.82, 2.24) is 0 Å². The Balaban J connectivity index is 2.17. The molecule has 8 heteroatoms. The zero-order valence-corrected chi connectivity index (χ0v) is 13.5. The molecule has 0 spiro atoms. The monoisotopic (exact) mass is 371 g/mol. The summed E-state index contributed by atoms with van der Waals surface area (Å²) in [6, 6.07) is 0.941. The molecule has 1 aromatic rings. The first-order chi connectivity index (χ1) is 10.2. The van der Waals surface area contributed by atoms with Crippen molar-refractivity contribution in [2.45, 2.75) is 35.0 Å². The van der Waals surface area contributed by atoms with Crippen molar-refractivity contribution in [1.29, 1.82) is 0 Å². The van der Waals surface area contributed by atoms with Gasteiger partial charge in [0.15, 0.2) is 11.6 Å². The molecule has 1 heterocycles. The molecular formula is C14H11Cl3F3NO. The second-order valence-corrected chi connectivity index (χ2v) is 7.63. The highest BCUT2D eigenvalue weighted by molar-refractivity contribution is 6.55. The van der Waals surface area contributed by atoms with E-state index in [0.29, 0.717) is 36.3 Å². The van der Waals surface area contributed by atoms with Gasteiger partial charge in [0, 0.05) is 18.1 Å². The van der Waals surface area contributed by atoms with Crippen LogP contribution >= 0.6 is 34.8 Å². The highest BCUT2D eigenvalue weighted by Crippen LogP contribution is 2.58. The fourth-order valence-corrected chi connectivity index (χ4v) is 4.82. The van der Waals surface area contributed by atoms with E-state index in [0.717, 1.165) is 6.42 Å². The molecule has 2 unspecified atom stereocenters. The molecule has 1 aliphatic carbocycles. The zero-order valence-electron chi connectivity index (χ0n) is 11.2. The largest absolute Gasteiger partial charge is 0.272 e. The molecule has 0 N–H and O–H groups in total. The average molecular weight is 373 g/mol. The highest BCUT2D eigenvalue weighted by atomic mass is 35.5. The molecular weight excluding hydrogens is 362 g/mol. The second kappa shape index (κ2) is 5.18. The predicted octanol–water partition coefficient (Wildman–Crippen LogP) is 4.75. The van der Waals surface area contributed by atoms with E-state index < -0.39 is 44.3 Å². The van der Waals surface area contributed by atoms with E-state index in [2.05, 4.69) is 0 Å². The van der Waals surface area contributed by atoms with Gasteiger partial charge in [0.25, 0.3) is 5.91 Å². The van der Waals surface area contributed by atoms with E-state index in [1.165, 1.54) is 0 Å². The lowest BCUT2D eigenvalue weighted by atomic mass is 9.80. The number of carbonyl (C=O) groups excluding carboxylic acids is 1. The van der Waals surface area contributed by atoms with Crippen LogP contribution in [0.5, 0.6) is 0 Å². The molecule has 2 nitrogen and oxygen atoms in total. The standard InChI is InChI=1S/C14H11Cl3F3NO/c15-13-4-2-1-3-10(13)14(16,17)21(12(13)22)11-8(19)5-7(18)6-9(11)20/h5-6,10H,1-4H2. The first-order valence-corrected chi connectivity index (χ1v) is 7.89. The summed E-state index contributed by atoms with van der Waals surface area (Å²) in [5.74, 6) is -5.03. The van der Waals surface area contributed by atoms with E-state index in [1.54, 1.807) is 0 Å². The van der Waals surface area contributed by atoms with E-state index in [4.69, 9.17) is 34.8 Å². The number of fused-ring (bicyclic) bond motifs is 1. The highest BCUT2D eigenvalue weighted by Gasteiger charge is 2.66. The van der Waals surface area contributed by atoms with Gasteiger partial charge in [-0.3, -0.25) is 9.69 Å². The Morgan fingerprint density at radius 3 is 2.23 bits per heavy atom. The van der Waals surface area contributed by atoms with E-state index in [1.807, 2.05) is 0 Å². The molecule has 1 amide bonds. The van der Waals surface area contributed by atoms with Crippen LogP contribution in [0.2, 0.25) is 0 Å². The van der Waals surface area contributed by atoms with Gasteiger partial charge >= 0.3 is 0 Å². The quantitative estimate of drug-likeness (QED) is 0.514. The fraction of sp³-hybridized carbons (Fsp3) is 0.500. The number of alkyl halides is 3. The third-order valence-corrected chi connectivity index (χ3v) is 5.80. The predicted molar refractivity (Wildman–Crippen MR) is 78.8 cm³/mol. The number of amides is 1. The average Bonchev–Trinajstić information content (AvgIpc) is 2.56. The van der Waals surface area contributed by atoms with Crippen LogP contribution in [0, 0.1) is 23.4 Å². The summed E-state index contributed by atoms with van der Waals surface area (Å²) in [6.07, 6.45) is 2.23.